The molecule has 2 aromatic carbocycles. The lowest BCUT2D eigenvalue weighted by Gasteiger charge is -2.08. The van der Waals surface area contributed by atoms with Gasteiger partial charge >= 0.3 is 0 Å². The number of carbonyl (C=O) groups excluding carboxylic acids is 1. The van der Waals surface area contributed by atoms with E-state index >= 15 is 0 Å². The van der Waals surface area contributed by atoms with Crippen LogP contribution in [-0.2, 0) is 0 Å². The van der Waals surface area contributed by atoms with Crippen molar-refractivity contribution in [3.05, 3.63) is 63.2 Å². The van der Waals surface area contributed by atoms with Gasteiger partial charge in [0.15, 0.2) is 0 Å². The van der Waals surface area contributed by atoms with Gasteiger partial charge < -0.3 is 5.32 Å². The predicted octanol–water partition coefficient (Wildman–Crippen LogP) is 3.20. The van der Waals surface area contributed by atoms with Crippen LogP contribution in [-0.4, -0.2) is 37.3 Å². The average Bonchev–Trinajstić information content (AvgIpc) is 3.10. The van der Waals surface area contributed by atoms with Gasteiger partial charge in [0.25, 0.3) is 11.6 Å². The number of hydrogen-bond donors (Lipinski definition) is 1. The lowest BCUT2D eigenvalue weighted by Crippen LogP contribution is -2.12. The molecule has 0 spiro atoms. The summed E-state index contributed by atoms with van der Waals surface area (Å²) in [5.74, 6) is -0.497. The minimum atomic E-state index is -0.638. The molecule has 0 saturated heterocycles. The highest BCUT2D eigenvalue weighted by Gasteiger charge is 2.16. The number of nitrogens with one attached hydrogen (secondary N) is 1. The van der Waals surface area contributed by atoms with E-state index in [-0.39, 0.29) is 16.3 Å². The van der Waals surface area contributed by atoms with Gasteiger partial charge in [0, 0.05) is 17.3 Å². The van der Waals surface area contributed by atoms with Crippen molar-refractivity contribution in [2.45, 2.75) is 5.16 Å². The highest BCUT2D eigenvalue weighted by Crippen LogP contribution is 2.26. The first-order chi connectivity index (χ1) is 12.5. The number of anilines is 1. The maximum atomic E-state index is 12.4. The number of hydrogen-bond acceptors (Lipinski definition) is 7. The van der Waals surface area contributed by atoms with Crippen molar-refractivity contribution in [2.75, 3.05) is 11.6 Å². The number of aromatic nitrogens is 4. The predicted molar refractivity (Wildman–Crippen MR) is 97.0 cm³/mol. The summed E-state index contributed by atoms with van der Waals surface area (Å²) in [4.78, 5) is 22.7. The van der Waals surface area contributed by atoms with E-state index in [1.807, 2.05) is 6.26 Å². The number of benzene rings is 2. The van der Waals surface area contributed by atoms with Crippen LogP contribution < -0.4 is 5.32 Å². The number of nitrogens with zero attached hydrogens (tertiary/aromatic N) is 5. The summed E-state index contributed by atoms with van der Waals surface area (Å²) in [7, 11) is 0. The Balaban J connectivity index is 1.86. The second-order valence-corrected chi connectivity index (χ2v) is 6.19. The second kappa shape index (κ2) is 7.50. The number of nitro benzene ring substituents is 1. The molecule has 9 nitrogen and oxygen atoms in total. The third kappa shape index (κ3) is 3.65. The smallest absolute Gasteiger partial charge is 0.288 e. The van der Waals surface area contributed by atoms with E-state index in [1.165, 1.54) is 28.6 Å². The number of thioether (sulfide) groups is 1. The first-order valence-electron chi connectivity index (χ1n) is 7.17. The molecule has 0 atom stereocenters. The molecule has 3 rings (SSSR count). The molecule has 1 aromatic heterocycles. The molecular weight excluding hydrogens is 380 g/mol. The van der Waals surface area contributed by atoms with E-state index in [1.54, 1.807) is 24.3 Å². The fraction of sp³-hybridized carbons (Fsp3) is 0.0667. The zero-order valence-electron chi connectivity index (χ0n) is 13.3. The van der Waals surface area contributed by atoms with Crippen LogP contribution in [0.4, 0.5) is 11.4 Å². The highest BCUT2D eigenvalue weighted by molar-refractivity contribution is 7.98. The third-order valence-corrected chi connectivity index (χ3v) is 4.32. The normalized spacial score (nSPS) is 10.5. The van der Waals surface area contributed by atoms with Crippen LogP contribution in [0.3, 0.4) is 0 Å². The van der Waals surface area contributed by atoms with Crippen molar-refractivity contribution in [3.8, 4) is 5.69 Å². The molecule has 1 amide bonds. The fourth-order valence-electron chi connectivity index (χ4n) is 2.18. The highest BCUT2D eigenvalue weighted by atomic mass is 35.5. The maximum Gasteiger partial charge on any atom is 0.288 e. The lowest BCUT2D eigenvalue weighted by atomic mass is 10.2. The first-order valence-corrected chi connectivity index (χ1v) is 8.78. The number of carbonyl (C=O) groups is 1. The van der Waals surface area contributed by atoms with E-state index in [0.717, 1.165) is 6.07 Å². The van der Waals surface area contributed by atoms with Gasteiger partial charge in [-0.05, 0) is 47.0 Å². The molecule has 0 fully saturated rings. The van der Waals surface area contributed by atoms with E-state index in [4.69, 9.17) is 11.6 Å². The van der Waals surface area contributed by atoms with Gasteiger partial charge in [0.05, 0.1) is 10.6 Å². The summed E-state index contributed by atoms with van der Waals surface area (Å²) in [5, 5.41) is 25.6. The Kier molecular flexibility index (Phi) is 5.14. The fourth-order valence-corrected chi connectivity index (χ4v) is 2.80. The zero-order valence-corrected chi connectivity index (χ0v) is 14.9. The van der Waals surface area contributed by atoms with Crippen molar-refractivity contribution in [1.82, 2.24) is 20.2 Å². The number of amides is 1. The molecule has 11 heteroatoms. The molecule has 0 aliphatic rings. The van der Waals surface area contributed by atoms with Crippen LogP contribution in [0.1, 0.15) is 10.4 Å². The molecule has 0 aliphatic carbocycles. The van der Waals surface area contributed by atoms with Gasteiger partial charge in [0.1, 0.15) is 5.02 Å². The van der Waals surface area contributed by atoms with Crippen LogP contribution in [0, 0.1) is 10.1 Å². The largest absolute Gasteiger partial charge is 0.322 e. The van der Waals surface area contributed by atoms with E-state index in [9.17, 15) is 14.9 Å². The number of halogens is 1. The topological polar surface area (TPSA) is 116 Å². The van der Waals surface area contributed by atoms with Gasteiger partial charge in [0.2, 0.25) is 5.16 Å². The average molecular weight is 391 g/mol. The quantitative estimate of drug-likeness (QED) is 0.404. The van der Waals surface area contributed by atoms with Crippen molar-refractivity contribution >= 4 is 40.6 Å². The SMILES string of the molecule is CSc1nnnn1-c1cccc(NC(=O)c2ccc(Cl)c([N+](=O)[O-])c2)c1. The van der Waals surface area contributed by atoms with E-state index in [0.29, 0.717) is 16.5 Å². The molecule has 0 radical (unpaired) electrons. The van der Waals surface area contributed by atoms with Gasteiger partial charge in [-0.25, -0.2) is 0 Å². The van der Waals surface area contributed by atoms with Crippen LogP contribution in [0.25, 0.3) is 5.69 Å². The lowest BCUT2D eigenvalue weighted by molar-refractivity contribution is -0.384. The van der Waals surface area contributed by atoms with Crippen molar-refractivity contribution < 1.29 is 9.72 Å². The molecule has 132 valence electrons. The molecule has 0 bridgehead atoms. The molecule has 1 N–H and O–H groups in total. The first kappa shape index (κ1) is 17.8. The third-order valence-electron chi connectivity index (χ3n) is 3.38. The van der Waals surface area contributed by atoms with Gasteiger partial charge in [-0.1, -0.05) is 29.4 Å². The van der Waals surface area contributed by atoms with Crippen molar-refractivity contribution in [1.29, 1.82) is 0 Å². The maximum absolute atomic E-state index is 12.4. The Bertz CT molecular complexity index is 993. The van der Waals surface area contributed by atoms with Crippen LogP contribution in [0.5, 0.6) is 0 Å². The van der Waals surface area contributed by atoms with Crippen molar-refractivity contribution in [3.63, 3.8) is 0 Å². The molecule has 0 unspecified atom stereocenters. The number of tetrazole rings is 1. The minimum Gasteiger partial charge on any atom is -0.322 e. The minimum absolute atomic E-state index is 0.0307. The summed E-state index contributed by atoms with van der Waals surface area (Å²) < 4.78 is 1.54. The summed E-state index contributed by atoms with van der Waals surface area (Å²) in [6.45, 7) is 0. The molecule has 0 aliphatic heterocycles. The molecule has 1 heterocycles. The van der Waals surface area contributed by atoms with E-state index in [2.05, 4.69) is 20.8 Å². The molecule has 3 aromatic rings. The molecule has 0 saturated carbocycles. The van der Waals surface area contributed by atoms with Gasteiger partial charge in [-0.2, -0.15) is 4.68 Å². The Morgan fingerprint density at radius 3 is 2.85 bits per heavy atom. The molecular formula is C15H11ClN6O3S. The van der Waals surface area contributed by atoms with Gasteiger partial charge in [-0.3, -0.25) is 14.9 Å². The zero-order chi connectivity index (χ0) is 18.7. The standard InChI is InChI=1S/C15H11ClN6O3S/c1-26-15-18-19-20-21(15)11-4-2-3-10(8-11)17-14(23)9-5-6-12(16)13(7-9)22(24)25/h2-8H,1H3,(H,17,23). The van der Waals surface area contributed by atoms with Gasteiger partial charge in [-0.15, -0.1) is 5.10 Å². The monoisotopic (exact) mass is 390 g/mol. The number of nitro groups is 1. The van der Waals surface area contributed by atoms with E-state index < -0.39 is 10.8 Å². The van der Waals surface area contributed by atoms with Crippen LogP contribution >= 0.6 is 23.4 Å². The Hall–Kier alpha value is -2.98. The summed E-state index contributed by atoms with van der Waals surface area (Å²) in [5.41, 5.74) is 0.956. The Morgan fingerprint density at radius 1 is 1.31 bits per heavy atom. The van der Waals surface area contributed by atoms with Crippen molar-refractivity contribution in [2.24, 2.45) is 0 Å². The molecule has 26 heavy (non-hydrogen) atoms. The second-order valence-electron chi connectivity index (χ2n) is 5.01. The van der Waals surface area contributed by atoms with Crippen LogP contribution in [0.2, 0.25) is 5.02 Å². The summed E-state index contributed by atoms with van der Waals surface area (Å²) >= 11 is 7.15. The Labute approximate surface area is 156 Å². The Morgan fingerprint density at radius 2 is 2.12 bits per heavy atom. The summed E-state index contributed by atoms with van der Waals surface area (Å²) in [6, 6.07) is 10.8. The van der Waals surface area contributed by atoms with Crippen LogP contribution in [0.15, 0.2) is 47.6 Å². The number of rotatable bonds is 5. The summed E-state index contributed by atoms with van der Waals surface area (Å²) in [6.07, 6.45) is 1.85.